The summed E-state index contributed by atoms with van der Waals surface area (Å²) < 4.78 is 11.9. The van der Waals surface area contributed by atoms with Crippen molar-refractivity contribution in [1.29, 1.82) is 0 Å². The first-order chi connectivity index (χ1) is 17.6. The third kappa shape index (κ3) is 9.42. The Kier molecular flexibility index (Phi) is 12.6. The molecule has 1 atom stereocenters. The smallest absolute Gasteiger partial charge is 0.124 e. The molecule has 198 valence electrons. The summed E-state index contributed by atoms with van der Waals surface area (Å²) in [5.74, 6) is 2.67. The summed E-state index contributed by atoms with van der Waals surface area (Å²) in [7, 11) is -0.574. The molecule has 0 saturated heterocycles. The predicted octanol–water partition coefficient (Wildman–Crippen LogP) is 8.55. The van der Waals surface area contributed by atoms with Gasteiger partial charge in [-0.15, -0.1) is 0 Å². The van der Waals surface area contributed by atoms with Crippen LogP contribution in [0.5, 0.6) is 11.5 Å². The first-order valence-corrected chi connectivity index (χ1v) is 15.8. The molecular weight excluding hydrogens is 464 g/mol. The van der Waals surface area contributed by atoms with Crippen LogP contribution in [0.25, 0.3) is 5.57 Å². The normalized spacial score (nSPS) is 13.9. The second-order valence-electron chi connectivity index (χ2n) is 10.3. The largest absolute Gasteiger partial charge is 0.508 e. The highest BCUT2D eigenvalue weighted by molar-refractivity contribution is 7.84. The van der Waals surface area contributed by atoms with Gasteiger partial charge in [-0.1, -0.05) is 89.0 Å². The number of fused-ring (bicyclic) bond motifs is 1. The Labute approximate surface area is 220 Å². The van der Waals surface area contributed by atoms with Crippen molar-refractivity contribution in [3.8, 4) is 11.5 Å². The molecule has 4 rings (SSSR count). The van der Waals surface area contributed by atoms with Crippen LogP contribution in [0.2, 0.25) is 0 Å². The lowest BCUT2D eigenvalue weighted by Gasteiger charge is -2.18. The number of aromatic hydroxyl groups is 2. The molecule has 2 N–H and O–H groups in total. The van der Waals surface area contributed by atoms with Gasteiger partial charge in [0, 0.05) is 27.5 Å². The maximum atomic E-state index is 11.9. The number of hydrogen-bond donors (Lipinski definition) is 2. The van der Waals surface area contributed by atoms with Crippen LogP contribution in [-0.4, -0.2) is 25.9 Å². The van der Waals surface area contributed by atoms with Crippen molar-refractivity contribution in [2.75, 3.05) is 11.5 Å². The van der Waals surface area contributed by atoms with Crippen molar-refractivity contribution in [2.24, 2.45) is 0 Å². The van der Waals surface area contributed by atoms with Crippen molar-refractivity contribution in [1.82, 2.24) is 0 Å². The van der Waals surface area contributed by atoms with Gasteiger partial charge in [0.05, 0.1) is 0 Å². The van der Waals surface area contributed by atoms with Gasteiger partial charge in [-0.25, -0.2) is 0 Å². The molecule has 0 spiro atoms. The number of allylic oxidation sites excluding steroid dienone is 2. The molecule has 36 heavy (non-hydrogen) atoms. The number of aryl methyl sites for hydroxylation is 1. The average molecular weight is 511 g/mol. The molecule has 1 aromatic carbocycles. The monoisotopic (exact) mass is 510 g/mol. The number of rotatable bonds is 16. The third-order valence-corrected chi connectivity index (χ3v) is 8.83. The van der Waals surface area contributed by atoms with Crippen LogP contribution in [0.15, 0.2) is 42.5 Å². The minimum atomic E-state index is -0.574. The lowest BCUT2D eigenvalue weighted by atomic mass is 9.88. The van der Waals surface area contributed by atoms with Crippen LogP contribution in [0.4, 0.5) is 0 Å². The maximum absolute atomic E-state index is 11.9. The highest BCUT2D eigenvalue weighted by atomic mass is 32.2. The molecule has 0 bridgehead atoms. The van der Waals surface area contributed by atoms with Crippen LogP contribution in [0.1, 0.15) is 108 Å². The number of hydrogen-bond acceptors (Lipinski definition) is 3. The summed E-state index contributed by atoms with van der Waals surface area (Å²) in [4.78, 5) is 0. The first kappa shape index (κ1) is 28.5. The second-order valence-corrected chi connectivity index (χ2v) is 12.0. The molecule has 3 aliphatic rings. The Balaban J connectivity index is 0.000000433. The van der Waals surface area contributed by atoms with E-state index in [9.17, 15) is 9.32 Å². The molecule has 1 unspecified atom stereocenters. The lowest BCUT2D eigenvalue weighted by molar-refractivity contribution is 0.465. The second kappa shape index (κ2) is 15.9. The standard InChI is InChI=1S/C26H42O2S.C6H4O/c1-2-3-4-12-20-29(28)21-13-10-8-6-5-7-9-11-15-23-16-14-17-24-22-25(27)18-19-26(23)24;7-6-3-4-1-2-5(4)6/h16,18-19,22,27H,2-15,17,20-21H2,1H3;1-3,7H. The molecule has 3 nitrogen and oxygen atoms in total. The van der Waals surface area contributed by atoms with Crippen LogP contribution in [0.3, 0.4) is 0 Å². The zero-order chi connectivity index (χ0) is 25.6. The van der Waals surface area contributed by atoms with E-state index in [1.165, 1.54) is 92.5 Å². The Morgan fingerprint density at radius 2 is 1.44 bits per heavy atom. The Morgan fingerprint density at radius 1 is 0.778 bits per heavy atom. The summed E-state index contributed by atoms with van der Waals surface area (Å²) in [6.45, 7) is 2.22. The van der Waals surface area contributed by atoms with E-state index in [1.54, 1.807) is 6.07 Å². The number of phenolic OH excluding ortho intramolecular Hbond substituents is 2. The van der Waals surface area contributed by atoms with E-state index in [1.807, 2.05) is 24.3 Å². The zero-order valence-electron chi connectivity index (χ0n) is 22.3. The van der Waals surface area contributed by atoms with E-state index in [4.69, 9.17) is 5.11 Å². The van der Waals surface area contributed by atoms with E-state index in [0.717, 1.165) is 42.4 Å². The van der Waals surface area contributed by atoms with E-state index in [2.05, 4.69) is 19.1 Å². The molecule has 0 aromatic heterocycles. The fraction of sp³-hybridized carbons (Fsp3) is 0.562. The summed E-state index contributed by atoms with van der Waals surface area (Å²) >= 11 is 0. The van der Waals surface area contributed by atoms with Crippen molar-refractivity contribution in [2.45, 2.75) is 103 Å². The Hall–Kier alpha value is -2.07. The summed E-state index contributed by atoms with van der Waals surface area (Å²) in [5, 5.41) is 20.6. The molecule has 0 fully saturated rings. The molecule has 0 amide bonds. The molecule has 0 heterocycles. The van der Waals surface area contributed by atoms with Gasteiger partial charge in [0.15, 0.2) is 0 Å². The van der Waals surface area contributed by atoms with Gasteiger partial charge in [-0.2, -0.15) is 0 Å². The SMILES string of the molecule is CCCCCCS(=O)CCCCCCCCCCC1=CCCc2cc(O)ccc21.Oc1cc2ccc1=2. The molecule has 0 saturated carbocycles. The highest BCUT2D eigenvalue weighted by Crippen LogP contribution is 2.32. The molecule has 0 radical (unpaired) electrons. The van der Waals surface area contributed by atoms with Gasteiger partial charge in [0.2, 0.25) is 0 Å². The maximum Gasteiger partial charge on any atom is 0.124 e. The summed E-state index contributed by atoms with van der Waals surface area (Å²) in [5.41, 5.74) is 4.15. The van der Waals surface area contributed by atoms with Crippen LogP contribution >= 0.6 is 0 Å². The van der Waals surface area contributed by atoms with Gasteiger partial charge < -0.3 is 10.2 Å². The van der Waals surface area contributed by atoms with E-state index >= 15 is 0 Å². The van der Waals surface area contributed by atoms with Crippen molar-refractivity contribution >= 4 is 16.4 Å². The van der Waals surface area contributed by atoms with Crippen molar-refractivity contribution in [3.63, 3.8) is 0 Å². The Morgan fingerprint density at radius 3 is 2.00 bits per heavy atom. The van der Waals surface area contributed by atoms with E-state index in [0.29, 0.717) is 11.5 Å². The van der Waals surface area contributed by atoms with Crippen LogP contribution < -0.4 is 0 Å². The van der Waals surface area contributed by atoms with E-state index in [-0.39, 0.29) is 0 Å². The quantitative estimate of drug-likeness (QED) is 0.190. The minimum Gasteiger partial charge on any atom is -0.508 e. The first-order valence-electron chi connectivity index (χ1n) is 14.3. The fourth-order valence-corrected chi connectivity index (χ4v) is 6.31. The lowest BCUT2D eigenvalue weighted by Crippen LogP contribution is -2.02. The average Bonchev–Trinajstić information content (AvgIpc) is 2.86. The third-order valence-electron chi connectivity index (χ3n) is 7.34. The zero-order valence-corrected chi connectivity index (χ0v) is 23.1. The molecule has 0 aliphatic heterocycles. The number of unbranched alkanes of at least 4 members (excludes halogenated alkanes) is 10. The van der Waals surface area contributed by atoms with Gasteiger partial charge >= 0.3 is 0 Å². The highest BCUT2D eigenvalue weighted by Gasteiger charge is 2.12. The van der Waals surface area contributed by atoms with E-state index < -0.39 is 10.8 Å². The van der Waals surface area contributed by atoms with Gasteiger partial charge in [-0.05, 0) is 78.6 Å². The number of benzene rings is 2. The van der Waals surface area contributed by atoms with Gasteiger partial charge in [0.1, 0.15) is 11.5 Å². The van der Waals surface area contributed by atoms with Crippen molar-refractivity contribution < 1.29 is 14.4 Å². The van der Waals surface area contributed by atoms with Crippen LogP contribution in [-0.2, 0) is 17.2 Å². The molecule has 3 aliphatic carbocycles. The summed E-state index contributed by atoms with van der Waals surface area (Å²) in [6.07, 6.45) is 20.9. The fourth-order valence-electron chi connectivity index (χ4n) is 5.05. The molecule has 4 heteroatoms. The molecule has 1 aromatic rings. The minimum absolute atomic E-state index is 0.392. The van der Waals surface area contributed by atoms with Gasteiger partial charge in [0.25, 0.3) is 0 Å². The summed E-state index contributed by atoms with van der Waals surface area (Å²) in [6, 6.07) is 11.5. The Bertz CT molecular complexity index is 1090. The topological polar surface area (TPSA) is 57.5 Å². The van der Waals surface area contributed by atoms with Crippen molar-refractivity contribution in [3.05, 3.63) is 64.0 Å². The predicted molar refractivity (Wildman–Crippen MR) is 154 cm³/mol. The van der Waals surface area contributed by atoms with Crippen LogP contribution in [0, 0.1) is 10.4 Å². The molecular formula is C32H46O3S. The van der Waals surface area contributed by atoms with Gasteiger partial charge in [-0.3, -0.25) is 4.21 Å². The number of phenols is 2.